The molecule has 69 heavy (non-hydrogen) atoms. The molecule has 0 amide bonds. The number of ether oxygens (including phenoxy) is 9. The Hall–Kier alpha value is -2.63. The largest absolute Gasteiger partial charge is 0.468 e. The molecule has 0 aromatic heterocycles. The molecule has 0 bridgehead atoms. The predicted molar refractivity (Wildman–Crippen MR) is 241 cm³/mol. The summed E-state index contributed by atoms with van der Waals surface area (Å²) in [4.78, 5) is 40.7. The van der Waals surface area contributed by atoms with Crippen LogP contribution in [0.5, 0.6) is 0 Å². The van der Waals surface area contributed by atoms with Crippen LogP contribution in [-0.4, -0.2) is 174 Å². The number of methoxy groups -OCH3 is 3. The summed E-state index contributed by atoms with van der Waals surface area (Å²) in [5.74, 6) is -1.43. The van der Waals surface area contributed by atoms with Crippen LogP contribution in [0.15, 0.2) is 22.8 Å². The van der Waals surface area contributed by atoms with Crippen LogP contribution in [0.1, 0.15) is 113 Å². The van der Waals surface area contributed by atoms with Crippen LogP contribution in [-0.2, 0) is 57.0 Å². The number of rotatable bonds is 13. The maximum Gasteiger partial charge on any atom is 0.337 e. The predicted octanol–water partition coefficient (Wildman–Crippen LogP) is 2.11. The van der Waals surface area contributed by atoms with Crippen LogP contribution >= 0.6 is 0 Å². The molecule has 3 aliphatic heterocycles. The maximum absolute atomic E-state index is 14.4. The van der Waals surface area contributed by atoms with Crippen LogP contribution in [0, 0.1) is 39.4 Å². The van der Waals surface area contributed by atoms with Gasteiger partial charge in [-0.2, -0.15) is 0 Å². The highest BCUT2D eigenvalue weighted by atomic mass is 16.8. The number of carbonyl (C=O) groups excluding carboxylic acids is 3. The Morgan fingerprint density at radius 2 is 1.30 bits per heavy atom. The van der Waals surface area contributed by atoms with Crippen molar-refractivity contribution in [1.29, 1.82) is 0 Å². The van der Waals surface area contributed by atoms with Gasteiger partial charge in [0.05, 0.1) is 39.5 Å². The summed E-state index contributed by atoms with van der Waals surface area (Å²) in [6.45, 7) is 15.0. The Morgan fingerprint density at radius 3 is 1.96 bits per heavy atom. The molecule has 0 aromatic rings. The zero-order valence-corrected chi connectivity index (χ0v) is 41.8. The molecule has 7 rings (SSSR count). The fourth-order valence-corrected chi connectivity index (χ4v) is 14.2. The Kier molecular flexibility index (Phi) is 16.3. The normalized spacial score (nSPS) is 45.6. The summed E-state index contributed by atoms with van der Waals surface area (Å²) in [6, 6.07) is 0. The molecular weight excluding hydrogens is 905 g/mol. The molecule has 21 atom stereocenters. The molecule has 2 saturated carbocycles. The average molecular weight is 983 g/mol. The molecule has 19 nitrogen and oxygen atoms in total. The number of carbonyl (C=O) groups is 3. The Morgan fingerprint density at radius 1 is 0.681 bits per heavy atom. The quantitative estimate of drug-likeness (QED) is 0.0791. The lowest BCUT2D eigenvalue weighted by Gasteiger charge is -2.62. The molecule has 3 heterocycles. The molecule has 0 spiro atoms. The van der Waals surface area contributed by atoms with Crippen molar-refractivity contribution in [2.45, 2.75) is 205 Å². The number of aliphatic hydroxyl groups is 7. The van der Waals surface area contributed by atoms with Gasteiger partial charge in [0.2, 0.25) is 0 Å². The van der Waals surface area contributed by atoms with E-state index in [0.717, 1.165) is 65.6 Å². The number of esters is 3. The molecule has 4 aliphatic carbocycles. The van der Waals surface area contributed by atoms with Crippen LogP contribution < -0.4 is 0 Å². The van der Waals surface area contributed by atoms with Gasteiger partial charge >= 0.3 is 17.9 Å². The van der Waals surface area contributed by atoms with Gasteiger partial charge in [0.15, 0.2) is 31.1 Å². The van der Waals surface area contributed by atoms with Crippen molar-refractivity contribution in [2.75, 3.05) is 27.9 Å². The van der Waals surface area contributed by atoms with Gasteiger partial charge in [0, 0.05) is 0 Å². The van der Waals surface area contributed by atoms with E-state index in [1.165, 1.54) is 23.8 Å². The van der Waals surface area contributed by atoms with E-state index < -0.39 is 121 Å². The van der Waals surface area contributed by atoms with E-state index in [0.29, 0.717) is 24.7 Å². The SMILES string of the molecule is COC(=O)[C@H]1O[C@@H](O[C@H]2[C@H](O)[C@@H](O)[C@H](O[C@H]3CC[C@]4(C)C5=C(CCC4C3(C)C)[C@]3(C(=O)OC)CC[C@H]([C@H](C)CCC=C(C)C)[C@@]3(C)CC5)O[C@@H]2C(=O)OC)[C@H](O)[C@@H](O[C@@H]2OC[C@H](O)[C@H](O)[C@H]2O)[C@H]1O. The van der Waals surface area contributed by atoms with Crippen molar-refractivity contribution < 1.29 is 92.8 Å². The Labute approximate surface area is 404 Å². The van der Waals surface area contributed by atoms with Crippen molar-refractivity contribution in [1.82, 2.24) is 0 Å². The summed E-state index contributed by atoms with van der Waals surface area (Å²) >= 11 is 0. The second kappa shape index (κ2) is 20.7. The van der Waals surface area contributed by atoms with Crippen molar-refractivity contribution in [3.05, 3.63) is 22.8 Å². The second-order valence-corrected chi connectivity index (χ2v) is 22.1. The van der Waals surface area contributed by atoms with Gasteiger partial charge in [0.1, 0.15) is 54.9 Å². The number of hydrogen-bond donors (Lipinski definition) is 7. The van der Waals surface area contributed by atoms with E-state index in [1.54, 1.807) is 0 Å². The monoisotopic (exact) mass is 983 g/mol. The lowest BCUT2D eigenvalue weighted by atomic mass is 9.43. The van der Waals surface area contributed by atoms with E-state index in [4.69, 9.17) is 42.6 Å². The average Bonchev–Trinajstić information content (AvgIpc) is 3.64. The topological polar surface area (TPSA) is 276 Å². The second-order valence-electron chi connectivity index (χ2n) is 22.1. The zero-order valence-electron chi connectivity index (χ0n) is 41.8. The smallest absolute Gasteiger partial charge is 0.337 e. The molecule has 0 radical (unpaired) electrons. The van der Waals surface area contributed by atoms with E-state index in [1.807, 2.05) is 0 Å². The van der Waals surface area contributed by atoms with E-state index in [2.05, 4.69) is 54.5 Å². The van der Waals surface area contributed by atoms with Crippen LogP contribution in [0.3, 0.4) is 0 Å². The third kappa shape index (κ3) is 9.26. The summed E-state index contributed by atoms with van der Waals surface area (Å²) in [7, 11) is 3.59. The molecule has 1 unspecified atom stereocenters. The van der Waals surface area contributed by atoms with Crippen LogP contribution in [0.2, 0.25) is 0 Å². The third-order valence-electron chi connectivity index (χ3n) is 17.9. The first kappa shape index (κ1) is 54.2. The Balaban J connectivity index is 1.10. The minimum absolute atomic E-state index is 0.0755. The summed E-state index contributed by atoms with van der Waals surface area (Å²) in [6.07, 6.45) is -15.5. The van der Waals surface area contributed by atoms with Crippen molar-refractivity contribution in [3.8, 4) is 0 Å². The van der Waals surface area contributed by atoms with Gasteiger partial charge in [-0.25, -0.2) is 9.59 Å². The lowest BCUT2D eigenvalue weighted by Crippen LogP contribution is -2.67. The molecule has 19 heteroatoms. The highest BCUT2D eigenvalue weighted by Gasteiger charge is 2.69. The minimum atomic E-state index is -2.04. The molecule has 392 valence electrons. The van der Waals surface area contributed by atoms with Crippen LogP contribution in [0.25, 0.3) is 0 Å². The van der Waals surface area contributed by atoms with Gasteiger partial charge in [-0.1, -0.05) is 57.4 Å². The molecule has 3 saturated heterocycles. The number of allylic oxidation sites excluding steroid dienone is 3. The minimum Gasteiger partial charge on any atom is -0.468 e. The van der Waals surface area contributed by atoms with Gasteiger partial charge < -0.3 is 78.4 Å². The summed E-state index contributed by atoms with van der Waals surface area (Å²) in [5.41, 5.74) is 2.12. The van der Waals surface area contributed by atoms with E-state index in [9.17, 15) is 50.1 Å². The first-order chi connectivity index (χ1) is 32.4. The molecule has 7 aliphatic rings. The third-order valence-corrected chi connectivity index (χ3v) is 17.9. The maximum atomic E-state index is 14.4. The fourth-order valence-electron chi connectivity index (χ4n) is 14.2. The van der Waals surface area contributed by atoms with Crippen molar-refractivity contribution >= 4 is 17.9 Å². The molecule has 5 fully saturated rings. The summed E-state index contributed by atoms with van der Waals surface area (Å²) in [5, 5.41) is 76.7. The van der Waals surface area contributed by atoms with Gasteiger partial charge in [0.25, 0.3) is 0 Å². The number of hydrogen-bond acceptors (Lipinski definition) is 19. The van der Waals surface area contributed by atoms with Crippen molar-refractivity contribution in [3.63, 3.8) is 0 Å². The number of aliphatic hydroxyl groups excluding tert-OH is 7. The van der Waals surface area contributed by atoms with Gasteiger partial charge in [-0.15, -0.1) is 0 Å². The fraction of sp³-hybridized carbons (Fsp3) is 0.860. The van der Waals surface area contributed by atoms with Crippen LogP contribution in [0.4, 0.5) is 0 Å². The standard InChI is InChI=1S/C50H78O19/c1-23(2)12-11-13-24(3)25-17-21-50(46(60)63-10)27-14-15-29-47(4,5)30(18-19-48(29,6)26(27)16-20-49(25,50)7)65-44-34(55)32(53)38(40(69-44)42(59)62-9)67-45-36(57)37(35(56)39(68-45)41(58)61-8)66-43-33(54)31(52)28(51)22-64-43/h12,24-25,28-40,43-45,51-57H,11,13-22H2,1-10H3/t24-,25-,28+,29?,30+,31+,32-,33-,34-,35-,36-,37+,38+,39+,40+,43+,44-,45-,48-,49-,50+/m1/s1. The summed E-state index contributed by atoms with van der Waals surface area (Å²) < 4.78 is 50.8. The first-order valence-electron chi connectivity index (χ1n) is 24.7. The van der Waals surface area contributed by atoms with E-state index in [-0.39, 0.29) is 22.7 Å². The van der Waals surface area contributed by atoms with Gasteiger partial charge in [-0.05, 0) is 112 Å². The number of fused-ring (bicyclic) bond motifs is 4. The highest BCUT2D eigenvalue weighted by Crippen LogP contribution is 2.73. The first-order valence-corrected chi connectivity index (χ1v) is 24.7. The molecular formula is C50H78O19. The highest BCUT2D eigenvalue weighted by molar-refractivity contribution is 5.83. The molecule has 7 N–H and O–H groups in total. The van der Waals surface area contributed by atoms with E-state index >= 15 is 0 Å². The van der Waals surface area contributed by atoms with Gasteiger partial charge in [-0.3, -0.25) is 4.79 Å². The van der Waals surface area contributed by atoms with Crippen molar-refractivity contribution in [2.24, 2.45) is 39.4 Å². The molecule has 0 aromatic carbocycles. The lowest BCUT2D eigenvalue weighted by molar-refractivity contribution is -0.373. The Bertz CT molecular complexity index is 1940. The zero-order chi connectivity index (χ0) is 50.7.